The smallest absolute Gasteiger partial charge is 0.326 e. The van der Waals surface area contributed by atoms with Gasteiger partial charge in [0.1, 0.15) is 18.5 Å². The molecule has 0 saturated carbocycles. The number of rotatable bonds is 6. The van der Waals surface area contributed by atoms with Crippen LogP contribution in [0.3, 0.4) is 0 Å². The van der Waals surface area contributed by atoms with E-state index >= 15 is 0 Å². The van der Waals surface area contributed by atoms with Crippen LogP contribution >= 0.6 is 23.2 Å². The van der Waals surface area contributed by atoms with Gasteiger partial charge in [-0.05, 0) is 37.1 Å². The van der Waals surface area contributed by atoms with Crippen molar-refractivity contribution in [3.8, 4) is 5.75 Å². The van der Waals surface area contributed by atoms with Crippen molar-refractivity contribution in [3.63, 3.8) is 0 Å². The lowest BCUT2D eigenvalue weighted by Gasteiger charge is -2.33. The van der Waals surface area contributed by atoms with Crippen molar-refractivity contribution < 1.29 is 9.84 Å². The predicted molar refractivity (Wildman–Crippen MR) is 115 cm³/mol. The summed E-state index contributed by atoms with van der Waals surface area (Å²) in [6, 6.07) is 13.0. The van der Waals surface area contributed by atoms with Crippen LogP contribution in [0.25, 0.3) is 11.0 Å². The fraction of sp³-hybridized carbons (Fsp3) is 0.381. The van der Waals surface area contributed by atoms with Gasteiger partial charge in [-0.25, -0.2) is 4.79 Å². The van der Waals surface area contributed by atoms with E-state index in [-0.39, 0.29) is 18.3 Å². The van der Waals surface area contributed by atoms with E-state index in [9.17, 15) is 9.90 Å². The van der Waals surface area contributed by atoms with E-state index in [1.807, 2.05) is 28.8 Å². The number of likely N-dealkylation sites (tertiary alicyclic amines) is 1. The molecule has 1 aliphatic rings. The summed E-state index contributed by atoms with van der Waals surface area (Å²) < 4.78 is 7.49. The van der Waals surface area contributed by atoms with Crippen molar-refractivity contribution in [1.82, 2.24) is 14.5 Å². The second kappa shape index (κ2) is 8.79. The molecule has 1 saturated heterocycles. The molecule has 1 unspecified atom stereocenters. The van der Waals surface area contributed by atoms with Crippen molar-refractivity contribution in [1.29, 1.82) is 0 Å². The number of β-amino-alcohol motifs (C(OH)–C–C–N with tert-alkyl or cyclic N) is 1. The molecule has 1 aromatic heterocycles. The maximum absolute atomic E-state index is 12.4. The Labute approximate surface area is 178 Å². The van der Waals surface area contributed by atoms with E-state index in [1.54, 1.807) is 18.2 Å². The Morgan fingerprint density at radius 1 is 1.14 bits per heavy atom. The van der Waals surface area contributed by atoms with Crippen molar-refractivity contribution in [3.05, 3.63) is 63.0 Å². The standard InChI is InChI=1S/C21H23Cl2N3O3/c22-17-6-5-16(11-18(17)23)29-13-15(27)12-25-9-7-14(8-10-25)26-20-4-2-1-3-19(20)24-21(26)28/h1-6,11,14-15,27H,7-10,12-13H2,(H,24,28). The summed E-state index contributed by atoms with van der Waals surface area (Å²) in [7, 11) is 0. The minimum atomic E-state index is -0.614. The SMILES string of the molecule is O=c1[nH]c2ccccc2n1C1CCN(CC(O)COc2ccc(Cl)c(Cl)c2)CC1. The van der Waals surface area contributed by atoms with Gasteiger partial charge in [0.05, 0.1) is 21.1 Å². The Morgan fingerprint density at radius 2 is 1.90 bits per heavy atom. The highest BCUT2D eigenvalue weighted by Crippen LogP contribution is 2.27. The van der Waals surface area contributed by atoms with Gasteiger partial charge in [0.15, 0.2) is 0 Å². The summed E-state index contributed by atoms with van der Waals surface area (Å²) in [5, 5.41) is 11.2. The Hall–Kier alpha value is -1.99. The van der Waals surface area contributed by atoms with Gasteiger partial charge in [-0.2, -0.15) is 0 Å². The fourth-order valence-electron chi connectivity index (χ4n) is 3.91. The topological polar surface area (TPSA) is 70.5 Å². The molecule has 0 aliphatic carbocycles. The molecule has 154 valence electrons. The molecule has 1 fully saturated rings. The lowest BCUT2D eigenvalue weighted by molar-refractivity contribution is 0.0559. The third-order valence-corrected chi connectivity index (χ3v) is 6.09. The minimum Gasteiger partial charge on any atom is -0.491 e. The van der Waals surface area contributed by atoms with E-state index in [4.69, 9.17) is 27.9 Å². The summed E-state index contributed by atoms with van der Waals surface area (Å²) in [5.74, 6) is 0.580. The maximum Gasteiger partial charge on any atom is 0.326 e. The van der Waals surface area contributed by atoms with Crippen molar-refractivity contribution in [2.75, 3.05) is 26.2 Å². The first kappa shape index (κ1) is 20.3. The van der Waals surface area contributed by atoms with Crippen molar-refractivity contribution in [2.24, 2.45) is 0 Å². The molecule has 1 aliphatic heterocycles. The van der Waals surface area contributed by atoms with Gasteiger partial charge < -0.3 is 19.7 Å². The van der Waals surface area contributed by atoms with Gasteiger partial charge in [0.25, 0.3) is 0 Å². The quantitative estimate of drug-likeness (QED) is 0.618. The molecule has 2 heterocycles. The van der Waals surface area contributed by atoms with E-state index in [0.29, 0.717) is 22.3 Å². The number of piperidine rings is 1. The summed E-state index contributed by atoms with van der Waals surface area (Å²) in [6.45, 7) is 2.34. The number of ether oxygens (including phenoxy) is 1. The number of aliphatic hydroxyl groups is 1. The van der Waals surface area contributed by atoms with Crippen LogP contribution in [0, 0.1) is 0 Å². The number of benzene rings is 2. The van der Waals surface area contributed by atoms with Gasteiger partial charge in [-0.3, -0.25) is 4.57 Å². The average Bonchev–Trinajstić information content (AvgIpc) is 3.05. The van der Waals surface area contributed by atoms with E-state index < -0.39 is 6.10 Å². The van der Waals surface area contributed by atoms with Gasteiger partial charge in [-0.15, -0.1) is 0 Å². The summed E-state index contributed by atoms with van der Waals surface area (Å²) in [6.07, 6.45) is 1.11. The predicted octanol–water partition coefficient (Wildman–Crippen LogP) is 3.71. The number of H-pyrrole nitrogens is 1. The molecule has 0 amide bonds. The lowest BCUT2D eigenvalue weighted by Crippen LogP contribution is -2.42. The van der Waals surface area contributed by atoms with Gasteiger partial charge >= 0.3 is 5.69 Å². The molecular formula is C21H23Cl2N3O3. The van der Waals surface area contributed by atoms with Crippen LogP contribution in [0.2, 0.25) is 10.0 Å². The monoisotopic (exact) mass is 435 g/mol. The lowest BCUT2D eigenvalue weighted by atomic mass is 10.0. The Morgan fingerprint density at radius 3 is 2.66 bits per heavy atom. The van der Waals surface area contributed by atoms with Crippen LogP contribution in [0.1, 0.15) is 18.9 Å². The zero-order valence-electron chi connectivity index (χ0n) is 15.9. The molecule has 2 aromatic carbocycles. The first-order valence-corrected chi connectivity index (χ1v) is 10.4. The van der Waals surface area contributed by atoms with Crippen LogP contribution in [-0.4, -0.2) is 51.9 Å². The van der Waals surface area contributed by atoms with Crippen LogP contribution < -0.4 is 10.4 Å². The summed E-state index contributed by atoms with van der Waals surface area (Å²) in [4.78, 5) is 17.5. The molecular weight excluding hydrogens is 413 g/mol. The second-order valence-electron chi connectivity index (χ2n) is 7.39. The molecule has 8 heteroatoms. The van der Waals surface area contributed by atoms with Crippen molar-refractivity contribution >= 4 is 34.2 Å². The number of nitrogens with one attached hydrogen (secondary N) is 1. The highest BCUT2D eigenvalue weighted by molar-refractivity contribution is 6.42. The van der Waals surface area contributed by atoms with Gasteiger partial charge in [-0.1, -0.05) is 35.3 Å². The molecule has 6 nitrogen and oxygen atoms in total. The van der Waals surface area contributed by atoms with Crippen molar-refractivity contribution in [2.45, 2.75) is 25.0 Å². The largest absolute Gasteiger partial charge is 0.491 e. The van der Waals surface area contributed by atoms with E-state index in [1.165, 1.54) is 0 Å². The highest BCUT2D eigenvalue weighted by Gasteiger charge is 2.24. The molecule has 1 atom stereocenters. The number of nitrogens with zero attached hydrogens (tertiary/aromatic N) is 2. The Balaban J connectivity index is 1.30. The number of halogens is 2. The van der Waals surface area contributed by atoms with Gasteiger partial charge in [0.2, 0.25) is 0 Å². The number of hydrogen-bond donors (Lipinski definition) is 2. The number of imidazole rings is 1. The number of fused-ring (bicyclic) bond motifs is 1. The van der Waals surface area contributed by atoms with E-state index in [2.05, 4.69) is 9.88 Å². The summed E-state index contributed by atoms with van der Waals surface area (Å²) in [5.41, 5.74) is 1.76. The third-order valence-electron chi connectivity index (χ3n) is 5.35. The number of aliphatic hydroxyl groups excluding tert-OH is 1. The zero-order chi connectivity index (χ0) is 20.4. The fourth-order valence-corrected chi connectivity index (χ4v) is 4.19. The van der Waals surface area contributed by atoms with Crippen LogP contribution in [0.4, 0.5) is 0 Å². The first-order valence-electron chi connectivity index (χ1n) is 9.69. The summed E-state index contributed by atoms with van der Waals surface area (Å²) >= 11 is 11.9. The zero-order valence-corrected chi connectivity index (χ0v) is 17.4. The molecule has 0 radical (unpaired) electrons. The molecule has 2 N–H and O–H groups in total. The molecule has 4 rings (SSSR count). The van der Waals surface area contributed by atoms with Gasteiger partial charge in [0, 0.05) is 31.7 Å². The molecule has 3 aromatic rings. The Bertz CT molecular complexity index is 1040. The number of aromatic nitrogens is 2. The Kier molecular flexibility index (Phi) is 6.15. The van der Waals surface area contributed by atoms with E-state index in [0.717, 1.165) is 37.0 Å². The van der Waals surface area contributed by atoms with Crippen LogP contribution in [0.5, 0.6) is 5.75 Å². The number of hydrogen-bond acceptors (Lipinski definition) is 4. The minimum absolute atomic E-state index is 0.0558. The number of aromatic amines is 1. The maximum atomic E-state index is 12.4. The van der Waals surface area contributed by atoms with Crippen LogP contribution in [-0.2, 0) is 0 Å². The first-order chi connectivity index (χ1) is 14.0. The third kappa shape index (κ3) is 4.61. The molecule has 0 spiro atoms. The molecule has 29 heavy (non-hydrogen) atoms. The normalized spacial score (nSPS) is 16.9. The molecule has 0 bridgehead atoms. The van der Waals surface area contributed by atoms with Crippen LogP contribution in [0.15, 0.2) is 47.3 Å². The second-order valence-corrected chi connectivity index (χ2v) is 8.20. The highest BCUT2D eigenvalue weighted by atomic mass is 35.5. The number of para-hydroxylation sites is 2. The average molecular weight is 436 g/mol.